The predicted molar refractivity (Wildman–Crippen MR) is 38.9 cm³/mol. The second kappa shape index (κ2) is 5.23. The molecule has 0 radical (unpaired) electrons. The second-order valence-corrected chi connectivity index (χ2v) is 3.28. The monoisotopic (exact) mass is 344 g/mol. The molecule has 0 spiro atoms. The molecule has 126 valence electrons. The highest BCUT2D eigenvalue weighted by molar-refractivity contribution is 5.77. The molecule has 1 unspecified atom stereocenters. The summed E-state index contributed by atoms with van der Waals surface area (Å²) in [6.45, 7) is 0. The highest BCUT2D eigenvalue weighted by Gasteiger charge is 2.79. The number of carbonyl (C=O) groups is 1. The first-order chi connectivity index (χ1) is 8.96. The van der Waals surface area contributed by atoms with Gasteiger partial charge in [-0.1, -0.05) is 0 Å². The molecule has 0 aromatic heterocycles. The maximum absolute atomic E-state index is 13.1. The van der Waals surface area contributed by atoms with Crippen molar-refractivity contribution >= 4 is 6.04 Å². The smallest absolute Gasteiger partial charge is 0.322 e. The zero-order chi connectivity index (χ0) is 17.5. The molecule has 21 heavy (non-hydrogen) atoms. The summed E-state index contributed by atoms with van der Waals surface area (Å²) in [5.41, 5.74) is 0. The number of hydrogen-bond acceptors (Lipinski definition) is 3. The summed E-state index contributed by atoms with van der Waals surface area (Å²) < 4.78 is 140. The fourth-order valence-electron chi connectivity index (χ4n) is 0.745. The standard InChI is InChI=1S/C7H3F11O3/c1-20-7(18,3(9,10)2(8)19)21-6(16,17)4(11,12)5(13,14)15/h1H3. The van der Waals surface area contributed by atoms with E-state index in [1.54, 1.807) is 0 Å². The van der Waals surface area contributed by atoms with Crippen molar-refractivity contribution in [1.82, 2.24) is 0 Å². The molecule has 0 bridgehead atoms. The van der Waals surface area contributed by atoms with E-state index in [2.05, 4.69) is 4.74 Å². The van der Waals surface area contributed by atoms with E-state index in [1.807, 2.05) is 4.74 Å². The van der Waals surface area contributed by atoms with Crippen LogP contribution >= 0.6 is 0 Å². The van der Waals surface area contributed by atoms with E-state index < -0.39 is 36.2 Å². The van der Waals surface area contributed by atoms with Gasteiger partial charge in [-0.3, -0.25) is 4.79 Å². The van der Waals surface area contributed by atoms with Gasteiger partial charge >= 0.3 is 36.2 Å². The molecule has 0 aliphatic carbocycles. The van der Waals surface area contributed by atoms with E-state index in [1.165, 1.54) is 0 Å². The Balaban J connectivity index is 5.75. The van der Waals surface area contributed by atoms with Gasteiger partial charge in [0.1, 0.15) is 0 Å². The average molecular weight is 344 g/mol. The summed E-state index contributed by atoms with van der Waals surface area (Å²) in [6.07, 6.45) is -14.0. The molecule has 0 aliphatic heterocycles. The SMILES string of the molecule is COC(F)(OC(F)(F)C(F)(F)C(F)(F)F)C(F)(F)C(=O)F. The third-order valence-corrected chi connectivity index (χ3v) is 1.87. The number of methoxy groups -OCH3 is 1. The third-order valence-electron chi connectivity index (χ3n) is 1.87. The van der Waals surface area contributed by atoms with Crippen molar-refractivity contribution in [3.05, 3.63) is 0 Å². The molecule has 0 aliphatic rings. The summed E-state index contributed by atoms with van der Waals surface area (Å²) in [6, 6.07) is -9.94. The molecule has 0 heterocycles. The van der Waals surface area contributed by atoms with Crippen molar-refractivity contribution in [2.75, 3.05) is 7.11 Å². The van der Waals surface area contributed by atoms with E-state index >= 15 is 0 Å². The molecule has 1 atom stereocenters. The van der Waals surface area contributed by atoms with Crippen LogP contribution in [0.15, 0.2) is 0 Å². The van der Waals surface area contributed by atoms with Crippen molar-refractivity contribution in [3.63, 3.8) is 0 Å². The van der Waals surface area contributed by atoms with E-state index in [4.69, 9.17) is 0 Å². The normalized spacial score (nSPS) is 17.5. The molecule has 0 saturated carbocycles. The highest BCUT2D eigenvalue weighted by Crippen LogP contribution is 2.50. The fourth-order valence-corrected chi connectivity index (χ4v) is 0.745. The van der Waals surface area contributed by atoms with E-state index in [0.717, 1.165) is 0 Å². The van der Waals surface area contributed by atoms with Gasteiger partial charge in [0.25, 0.3) is 0 Å². The molecule has 0 aromatic rings. The van der Waals surface area contributed by atoms with E-state index in [9.17, 15) is 53.1 Å². The summed E-state index contributed by atoms with van der Waals surface area (Å²) in [4.78, 5) is 9.73. The van der Waals surface area contributed by atoms with Gasteiger partial charge in [0.15, 0.2) is 0 Å². The van der Waals surface area contributed by atoms with Crippen LogP contribution in [0, 0.1) is 0 Å². The molecular formula is C7H3F11O3. The lowest BCUT2D eigenvalue weighted by Crippen LogP contribution is -2.61. The van der Waals surface area contributed by atoms with Gasteiger partial charge in [-0.05, 0) is 0 Å². The van der Waals surface area contributed by atoms with Crippen LogP contribution in [0.25, 0.3) is 0 Å². The van der Waals surface area contributed by atoms with Gasteiger partial charge in [-0.15, -0.1) is 0 Å². The molecule has 3 nitrogen and oxygen atoms in total. The lowest BCUT2D eigenvalue weighted by Gasteiger charge is -2.34. The van der Waals surface area contributed by atoms with Crippen molar-refractivity contribution in [1.29, 1.82) is 0 Å². The second-order valence-electron chi connectivity index (χ2n) is 3.28. The largest absolute Gasteiger partial charge is 0.462 e. The van der Waals surface area contributed by atoms with Crippen LogP contribution < -0.4 is 0 Å². The van der Waals surface area contributed by atoms with Gasteiger partial charge in [-0.25, -0.2) is 4.74 Å². The topological polar surface area (TPSA) is 35.5 Å². The third kappa shape index (κ3) is 3.20. The molecule has 0 fully saturated rings. The molecule has 0 aromatic carbocycles. The van der Waals surface area contributed by atoms with Crippen molar-refractivity contribution in [3.8, 4) is 0 Å². The number of rotatable bonds is 6. The van der Waals surface area contributed by atoms with Crippen LogP contribution in [0.1, 0.15) is 0 Å². The highest BCUT2D eigenvalue weighted by atomic mass is 19.4. The lowest BCUT2D eigenvalue weighted by atomic mass is 10.2. The van der Waals surface area contributed by atoms with Crippen molar-refractivity contribution in [2.24, 2.45) is 0 Å². The summed E-state index contributed by atoms with van der Waals surface area (Å²) >= 11 is 0. The maximum Gasteiger partial charge on any atom is 0.462 e. The summed E-state index contributed by atoms with van der Waals surface area (Å²) in [5.74, 6) is -13.4. The van der Waals surface area contributed by atoms with Crippen molar-refractivity contribution < 1.29 is 62.6 Å². The van der Waals surface area contributed by atoms with Crippen LogP contribution in [0.3, 0.4) is 0 Å². The number of ether oxygens (including phenoxy) is 2. The Labute approximate surface area is 107 Å². The predicted octanol–water partition coefficient (Wildman–Crippen LogP) is 3.19. The number of alkyl halides is 10. The first kappa shape index (κ1) is 19.8. The van der Waals surface area contributed by atoms with Gasteiger partial charge in [-0.2, -0.15) is 48.3 Å². The fraction of sp³-hybridized carbons (Fsp3) is 0.857. The lowest BCUT2D eigenvalue weighted by molar-refractivity contribution is -0.509. The molecule has 14 heteroatoms. The Morgan fingerprint density at radius 3 is 1.48 bits per heavy atom. The van der Waals surface area contributed by atoms with Crippen LogP contribution in [-0.4, -0.2) is 43.3 Å². The number of halogens is 11. The zero-order valence-corrected chi connectivity index (χ0v) is 9.38. The Kier molecular flexibility index (Phi) is 4.93. The van der Waals surface area contributed by atoms with Crippen molar-refractivity contribution in [2.45, 2.75) is 30.2 Å². The first-order valence-corrected chi connectivity index (χ1v) is 4.30. The van der Waals surface area contributed by atoms with Crippen LogP contribution in [0.5, 0.6) is 0 Å². The Morgan fingerprint density at radius 1 is 0.857 bits per heavy atom. The average Bonchev–Trinajstić information content (AvgIpc) is 2.25. The molecular weight excluding hydrogens is 341 g/mol. The minimum atomic E-state index is -7.15. The van der Waals surface area contributed by atoms with Gasteiger partial charge in [0.2, 0.25) is 0 Å². The first-order valence-electron chi connectivity index (χ1n) is 4.30. The minimum absolute atomic E-state index is 0.279. The van der Waals surface area contributed by atoms with Gasteiger partial charge in [0.05, 0.1) is 0 Å². The number of hydrogen-bond donors (Lipinski definition) is 0. The Bertz CT molecular complexity index is 403. The minimum Gasteiger partial charge on any atom is -0.322 e. The van der Waals surface area contributed by atoms with Crippen LogP contribution in [0.4, 0.5) is 48.3 Å². The quantitative estimate of drug-likeness (QED) is 0.422. The van der Waals surface area contributed by atoms with Crippen LogP contribution in [0.2, 0.25) is 0 Å². The molecule has 0 amide bonds. The Morgan fingerprint density at radius 2 is 1.24 bits per heavy atom. The molecule has 0 saturated heterocycles. The van der Waals surface area contributed by atoms with Crippen LogP contribution in [-0.2, 0) is 14.3 Å². The summed E-state index contributed by atoms with van der Waals surface area (Å²) in [7, 11) is -0.279. The van der Waals surface area contributed by atoms with Gasteiger partial charge in [0, 0.05) is 7.11 Å². The molecule has 0 N–H and O–H groups in total. The van der Waals surface area contributed by atoms with Gasteiger partial charge < -0.3 is 4.74 Å². The number of carbonyl (C=O) groups excluding carboxylic acids is 1. The summed E-state index contributed by atoms with van der Waals surface area (Å²) in [5, 5.41) is 0. The Hall–Kier alpha value is -1.18. The zero-order valence-electron chi connectivity index (χ0n) is 9.38. The van der Waals surface area contributed by atoms with E-state index in [0.29, 0.717) is 0 Å². The van der Waals surface area contributed by atoms with E-state index in [-0.39, 0.29) is 7.11 Å². The molecule has 0 rings (SSSR count). The maximum atomic E-state index is 13.1.